The fourth-order valence-corrected chi connectivity index (χ4v) is 4.09. The zero-order valence-electron chi connectivity index (χ0n) is 16.4. The van der Waals surface area contributed by atoms with Crippen LogP contribution < -0.4 is 5.32 Å². The Balaban J connectivity index is 1.27. The molecular weight excluding hydrogens is 346 g/mol. The topological polar surface area (TPSA) is 35.6 Å². The fourth-order valence-electron chi connectivity index (χ4n) is 4.09. The Kier molecular flexibility index (Phi) is 5.77. The quantitative estimate of drug-likeness (QED) is 0.854. The van der Waals surface area contributed by atoms with E-state index in [9.17, 15) is 4.79 Å². The molecule has 2 fully saturated rings. The second-order valence-electron chi connectivity index (χ2n) is 7.83. The SMILES string of the molecule is O=C(NC1(c2ccccc2)CCC1)N1CCN(C/C=C/c2ccccc2)CC1. The molecule has 1 saturated carbocycles. The van der Waals surface area contributed by atoms with Crippen molar-refractivity contribution in [3.8, 4) is 0 Å². The van der Waals surface area contributed by atoms with Crippen molar-refractivity contribution in [2.45, 2.75) is 24.8 Å². The van der Waals surface area contributed by atoms with Gasteiger partial charge in [-0.15, -0.1) is 0 Å². The Morgan fingerprint density at radius 1 is 0.929 bits per heavy atom. The van der Waals surface area contributed by atoms with Crippen molar-refractivity contribution >= 4 is 12.1 Å². The Morgan fingerprint density at radius 3 is 2.18 bits per heavy atom. The molecule has 4 rings (SSSR count). The number of nitrogens with one attached hydrogen (secondary N) is 1. The minimum atomic E-state index is -0.159. The lowest BCUT2D eigenvalue weighted by Crippen LogP contribution is -2.58. The van der Waals surface area contributed by atoms with Gasteiger partial charge >= 0.3 is 6.03 Å². The van der Waals surface area contributed by atoms with Gasteiger partial charge in [-0.1, -0.05) is 72.8 Å². The number of nitrogens with zero attached hydrogens (tertiary/aromatic N) is 2. The van der Waals surface area contributed by atoms with Crippen molar-refractivity contribution in [1.82, 2.24) is 15.1 Å². The Morgan fingerprint density at radius 2 is 1.57 bits per heavy atom. The van der Waals surface area contributed by atoms with Gasteiger partial charge in [0, 0.05) is 32.7 Å². The summed E-state index contributed by atoms with van der Waals surface area (Å²) in [4.78, 5) is 17.2. The average Bonchev–Trinajstić information content (AvgIpc) is 2.72. The number of hydrogen-bond donors (Lipinski definition) is 1. The third kappa shape index (κ3) is 4.28. The summed E-state index contributed by atoms with van der Waals surface area (Å²) in [5.41, 5.74) is 2.31. The normalized spacial score (nSPS) is 19.4. The molecule has 0 unspecified atom stereocenters. The van der Waals surface area contributed by atoms with Gasteiger partial charge in [0.1, 0.15) is 0 Å². The summed E-state index contributed by atoms with van der Waals surface area (Å²) in [5, 5.41) is 3.35. The maximum absolute atomic E-state index is 12.9. The van der Waals surface area contributed by atoms with E-state index in [0.717, 1.165) is 45.6 Å². The summed E-state index contributed by atoms with van der Waals surface area (Å²) in [6.45, 7) is 4.35. The van der Waals surface area contributed by atoms with Gasteiger partial charge in [0.25, 0.3) is 0 Å². The summed E-state index contributed by atoms with van der Waals surface area (Å²) in [5.74, 6) is 0. The predicted molar refractivity (Wildman–Crippen MR) is 114 cm³/mol. The molecule has 4 nitrogen and oxygen atoms in total. The van der Waals surface area contributed by atoms with Gasteiger partial charge < -0.3 is 10.2 Å². The summed E-state index contributed by atoms with van der Waals surface area (Å²) in [6, 6.07) is 20.9. The van der Waals surface area contributed by atoms with Crippen LogP contribution in [0.5, 0.6) is 0 Å². The summed E-state index contributed by atoms with van der Waals surface area (Å²) in [7, 11) is 0. The molecule has 0 bridgehead atoms. The van der Waals surface area contributed by atoms with Crippen molar-refractivity contribution in [3.63, 3.8) is 0 Å². The fraction of sp³-hybridized carbons (Fsp3) is 0.375. The van der Waals surface area contributed by atoms with Gasteiger partial charge in [-0.3, -0.25) is 4.90 Å². The molecule has 146 valence electrons. The molecule has 1 aliphatic heterocycles. The molecular formula is C24H29N3O. The molecule has 0 radical (unpaired) electrons. The lowest BCUT2D eigenvalue weighted by atomic mass is 9.72. The van der Waals surface area contributed by atoms with E-state index in [0.29, 0.717) is 0 Å². The van der Waals surface area contributed by atoms with E-state index < -0.39 is 0 Å². The zero-order chi connectivity index (χ0) is 19.2. The molecule has 1 heterocycles. The molecule has 2 amide bonds. The third-order valence-corrected chi connectivity index (χ3v) is 6.01. The van der Waals surface area contributed by atoms with Gasteiger partial charge in [-0.25, -0.2) is 4.79 Å². The highest BCUT2D eigenvalue weighted by atomic mass is 16.2. The molecule has 2 aliphatic rings. The monoisotopic (exact) mass is 375 g/mol. The van der Waals surface area contributed by atoms with Crippen molar-refractivity contribution in [2.75, 3.05) is 32.7 Å². The van der Waals surface area contributed by atoms with Gasteiger partial charge in [0.2, 0.25) is 0 Å². The molecule has 2 aromatic carbocycles. The number of hydrogen-bond acceptors (Lipinski definition) is 2. The second kappa shape index (κ2) is 8.61. The van der Waals surface area contributed by atoms with Crippen LogP contribution in [0.4, 0.5) is 4.79 Å². The van der Waals surface area contributed by atoms with Crippen LogP contribution in [0.2, 0.25) is 0 Å². The first-order chi connectivity index (χ1) is 13.8. The van der Waals surface area contributed by atoms with Gasteiger partial charge in [-0.2, -0.15) is 0 Å². The summed E-state index contributed by atoms with van der Waals surface area (Å²) in [6.07, 6.45) is 7.62. The van der Waals surface area contributed by atoms with E-state index in [1.54, 1.807) is 0 Å². The van der Waals surface area contributed by atoms with Crippen molar-refractivity contribution in [3.05, 3.63) is 77.9 Å². The minimum Gasteiger partial charge on any atom is -0.328 e. The Bertz CT molecular complexity index is 791. The maximum Gasteiger partial charge on any atom is 0.318 e. The highest BCUT2D eigenvalue weighted by Gasteiger charge is 2.41. The maximum atomic E-state index is 12.9. The van der Waals surface area contributed by atoms with Crippen LogP contribution in [0.3, 0.4) is 0 Å². The first-order valence-electron chi connectivity index (χ1n) is 10.3. The zero-order valence-corrected chi connectivity index (χ0v) is 16.4. The van der Waals surface area contributed by atoms with E-state index >= 15 is 0 Å². The molecule has 28 heavy (non-hydrogen) atoms. The first-order valence-corrected chi connectivity index (χ1v) is 10.3. The van der Waals surface area contributed by atoms with Crippen LogP contribution in [0, 0.1) is 0 Å². The van der Waals surface area contributed by atoms with Crippen molar-refractivity contribution in [2.24, 2.45) is 0 Å². The van der Waals surface area contributed by atoms with Crippen LogP contribution in [-0.2, 0) is 5.54 Å². The molecule has 0 aromatic heterocycles. The van der Waals surface area contributed by atoms with Gasteiger partial charge in [-0.05, 0) is 30.4 Å². The molecule has 1 saturated heterocycles. The number of benzene rings is 2. The van der Waals surface area contributed by atoms with Gasteiger partial charge in [0.05, 0.1) is 5.54 Å². The number of carbonyl (C=O) groups excluding carboxylic acids is 1. The van der Waals surface area contributed by atoms with Gasteiger partial charge in [0.15, 0.2) is 0 Å². The summed E-state index contributed by atoms with van der Waals surface area (Å²) >= 11 is 0. The highest BCUT2D eigenvalue weighted by Crippen LogP contribution is 2.41. The highest BCUT2D eigenvalue weighted by molar-refractivity contribution is 5.75. The molecule has 0 spiro atoms. The van der Waals surface area contributed by atoms with Crippen LogP contribution in [0.25, 0.3) is 6.08 Å². The molecule has 1 N–H and O–H groups in total. The molecule has 0 atom stereocenters. The predicted octanol–water partition coefficient (Wildman–Crippen LogP) is 4.11. The van der Waals surface area contributed by atoms with Crippen molar-refractivity contribution in [1.29, 1.82) is 0 Å². The van der Waals surface area contributed by atoms with Crippen molar-refractivity contribution < 1.29 is 4.79 Å². The second-order valence-corrected chi connectivity index (χ2v) is 7.83. The van der Waals surface area contributed by atoms with E-state index in [1.807, 2.05) is 17.0 Å². The molecule has 1 aliphatic carbocycles. The van der Waals surface area contributed by atoms with Crippen LogP contribution >= 0.6 is 0 Å². The lowest BCUT2D eigenvalue weighted by molar-refractivity contribution is 0.122. The van der Waals surface area contributed by atoms with E-state index in [2.05, 4.69) is 70.9 Å². The van der Waals surface area contributed by atoms with E-state index in [4.69, 9.17) is 0 Å². The molecule has 2 aromatic rings. The van der Waals surface area contributed by atoms with Crippen LogP contribution in [-0.4, -0.2) is 48.6 Å². The number of urea groups is 1. The molecule has 4 heteroatoms. The standard InChI is InChI=1S/C24H29N3O/c28-23(25-24(14-8-15-24)22-12-5-2-6-13-22)27-19-17-26(18-20-27)16-7-11-21-9-3-1-4-10-21/h1-7,9-13H,8,14-20H2,(H,25,28)/b11-7+. The number of piperazine rings is 1. The number of carbonyl (C=O) groups is 1. The summed E-state index contributed by atoms with van der Waals surface area (Å²) < 4.78 is 0. The lowest BCUT2D eigenvalue weighted by Gasteiger charge is -2.45. The smallest absolute Gasteiger partial charge is 0.318 e. The Hall–Kier alpha value is -2.59. The van der Waals surface area contributed by atoms with E-state index in [-0.39, 0.29) is 11.6 Å². The van der Waals surface area contributed by atoms with Crippen LogP contribution in [0.15, 0.2) is 66.7 Å². The first kappa shape index (κ1) is 18.8. The Labute approximate surface area is 167 Å². The number of amides is 2. The average molecular weight is 376 g/mol. The van der Waals surface area contributed by atoms with Crippen LogP contribution in [0.1, 0.15) is 30.4 Å². The van der Waals surface area contributed by atoms with E-state index in [1.165, 1.54) is 17.5 Å². The minimum absolute atomic E-state index is 0.0861. The largest absolute Gasteiger partial charge is 0.328 e. The number of rotatable bonds is 5. The third-order valence-electron chi connectivity index (χ3n) is 6.01.